The number of ether oxygens (including phenoxy) is 3. The van der Waals surface area contributed by atoms with Gasteiger partial charge in [0.2, 0.25) is 0 Å². The lowest BCUT2D eigenvalue weighted by Gasteiger charge is -2.31. The molecule has 2 fully saturated rings. The SMILES string of the molecule is C=C(CC(=O)O)C(=O)OC(COOCc1cccc(C(=O)OCC(C)(OC(=O)C(=C)CC(=O)O)SCC2CSCCS2)c1)CSCC1CSCCS1. The Labute approximate surface area is 329 Å². The number of esters is 3. The van der Waals surface area contributed by atoms with E-state index in [1.54, 1.807) is 43.0 Å². The fourth-order valence-corrected chi connectivity index (χ4v) is 12.7. The lowest BCUT2D eigenvalue weighted by Crippen LogP contribution is -2.36. The zero-order chi connectivity index (χ0) is 37.9. The monoisotopic (exact) mass is 836 g/mol. The van der Waals surface area contributed by atoms with Gasteiger partial charge < -0.3 is 24.4 Å². The van der Waals surface area contributed by atoms with Gasteiger partial charge in [0.25, 0.3) is 0 Å². The minimum atomic E-state index is -1.29. The highest BCUT2D eigenvalue weighted by molar-refractivity contribution is 8.08. The molecule has 0 radical (unpaired) electrons. The molecule has 4 atom stereocenters. The van der Waals surface area contributed by atoms with Gasteiger partial charge in [0.05, 0.1) is 18.4 Å². The van der Waals surface area contributed by atoms with E-state index in [0.717, 1.165) is 40.3 Å². The molecule has 2 aliphatic rings. The summed E-state index contributed by atoms with van der Waals surface area (Å²) in [5.41, 5.74) is 0.412. The summed E-state index contributed by atoms with van der Waals surface area (Å²) in [6, 6.07) is 6.50. The van der Waals surface area contributed by atoms with Crippen LogP contribution in [0.4, 0.5) is 0 Å². The number of carboxylic acid groups (broad SMARTS) is 2. The van der Waals surface area contributed by atoms with Crippen molar-refractivity contribution in [3.63, 3.8) is 0 Å². The van der Waals surface area contributed by atoms with Crippen LogP contribution in [0.5, 0.6) is 0 Å². The van der Waals surface area contributed by atoms with E-state index < -0.39 is 53.7 Å². The molecule has 1 aromatic carbocycles. The van der Waals surface area contributed by atoms with Gasteiger partial charge in [-0.15, -0.1) is 11.8 Å². The number of carbonyl (C=O) groups excluding carboxylic acids is 3. The molecule has 0 spiro atoms. The van der Waals surface area contributed by atoms with E-state index in [0.29, 0.717) is 27.6 Å². The molecule has 1 aromatic rings. The second-order valence-electron chi connectivity index (χ2n) is 11.7. The van der Waals surface area contributed by atoms with Crippen LogP contribution in [0.1, 0.15) is 35.7 Å². The third-order valence-corrected chi connectivity index (χ3v) is 15.8. The molecule has 0 aromatic heterocycles. The number of hydrogen-bond donors (Lipinski definition) is 2. The molecule has 0 saturated carbocycles. The van der Waals surface area contributed by atoms with Gasteiger partial charge >= 0.3 is 29.8 Å². The van der Waals surface area contributed by atoms with Crippen LogP contribution in [0, 0.1) is 0 Å². The molecule has 0 aliphatic carbocycles. The summed E-state index contributed by atoms with van der Waals surface area (Å²) in [5.74, 6) is 3.47. The van der Waals surface area contributed by atoms with Crippen LogP contribution in [0.3, 0.4) is 0 Å². The maximum Gasteiger partial charge on any atom is 0.338 e. The Hall–Kier alpha value is -1.93. The van der Waals surface area contributed by atoms with E-state index in [1.807, 2.05) is 47.0 Å². The topological polar surface area (TPSA) is 172 Å². The largest absolute Gasteiger partial charge is 0.481 e. The van der Waals surface area contributed by atoms with Crippen molar-refractivity contribution in [3.8, 4) is 0 Å². The molecule has 288 valence electrons. The van der Waals surface area contributed by atoms with Crippen LogP contribution in [-0.2, 0) is 49.8 Å². The van der Waals surface area contributed by atoms with Gasteiger partial charge in [-0.25, -0.2) is 24.2 Å². The minimum Gasteiger partial charge on any atom is -0.481 e. The number of hydrogen-bond acceptors (Lipinski definition) is 16. The molecule has 52 heavy (non-hydrogen) atoms. The molecule has 0 amide bonds. The molecule has 2 N–H and O–H groups in total. The Bertz CT molecular complexity index is 1400. The van der Waals surface area contributed by atoms with Crippen molar-refractivity contribution in [1.29, 1.82) is 0 Å². The second-order valence-corrected chi connectivity index (χ2v) is 19.4. The summed E-state index contributed by atoms with van der Waals surface area (Å²) in [5, 5.41) is 18.9. The first-order chi connectivity index (χ1) is 24.8. The number of rotatable bonds is 23. The molecule has 0 bridgehead atoms. The summed E-state index contributed by atoms with van der Waals surface area (Å²) < 4.78 is 16.8. The summed E-state index contributed by atoms with van der Waals surface area (Å²) in [4.78, 5) is 69.9. The lowest BCUT2D eigenvalue weighted by molar-refractivity contribution is -0.313. The van der Waals surface area contributed by atoms with Crippen LogP contribution >= 0.6 is 70.6 Å². The Morgan fingerprint density at radius 1 is 0.904 bits per heavy atom. The fraction of sp³-hybridized carbons (Fsp3) is 0.559. The number of aliphatic carboxylic acids is 2. The molecule has 18 heteroatoms. The van der Waals surface area contributed by atoms with Crippen LogP contribution < -0.4 is 0 Å². The van der Waals surface area contributed by atoms with Crippen molar-refractivity contribution in [2.24, 2.45) is 0 Å². The van der Waals surface area contributed by atoms with Crippen LogP contribution in [0.15, 0.2) is 48.6 Å². The van der Waals surface area contributed by atoms with E-state index in [1.165, 1.54) is 11.8 Å². The summed E-state index contributed by atoms with van der Waals surface area (Å²) in [6.07, 6.45) is -1.82. The van der Waals surface area contributed by atoms with Gasteiger partial charge in [-0.2, -0.15) is 58.8 Å². The molecule has 2 heterocycles. The van der Waals surface area contributed by atoms with E-state index in [-0.39, 0.29) is 36.5 Å². The highest BCUT2D eigenvalue weighted by Gasteiger charge is 2.34. The molecule has 3 rings (SSSR count). The van der Waals surface area contributed by atoms with E-state index in [2.05, 4.69) is 13.2 Å². The van der Waals surface area contributed by atoms with Gasteiger partial charge in [0, 0.05) is 73.4 Å². The summed E-state index contributed by atoms with van der Waals surface area (Å²) in [7, 11) is 0. The molecule has 4 unspecified atom stereocenters. The number of benzene rings is 1. The Morgan fingerprint density at radius 3 is 2.15 bits per heavy atom. The first-order valence-electron chi connectivity index (χ1n) is 16.2. The van der Waals surface area contributed by atoms with Crippen molar-refractivity contribution in [2.75, 3.05) is 65.0 Å². The van der Waals surface area contributed by atoms with E-state index in [9.17, 15) is 24.0 Å². The number of thioether (sulfide) groups is 6. The highest BCUT2D eigenvalue weighted by atomic mass is 32.2. The molecular weight excluding hydrogens is 793 g/mol. The van der Waals surface area contributed by atoms with Gasteiger partial charge in [-0.3, -0.25) is 9.59 Å². The normalized spacial score (nSPS) is 19.0. The fourth-order valence-electron chi connectivity index (χ4n) is 4.40. The standard InChI is InChI=1S/C34H44O12S6/c1-22(11-29(35)36)31(39)45-26(16-49-19-27-17-47-7-9-50-27)15-44-43-14-24-5-4-6-25(13-24)33(41)42-21-34(3,46-32(40)23(2)12-30(37)38)52-20-28-18-48-8-10-51-28/h4-6,13,26-28H,1-2,7-12,14-21H2,3H3,(H,35,36)(H,37,38). The maximum absolute atomic E-state index is 13.1. The lowest BCUT2D eigenvalue weighted by atomic mass is 10.1. The first-order valence-corrected chi connectivity index (χ1v) is 22.7. The molecule has 2 aliphatic heterocycles. The van der Waals surface area contributed by atoms with Gasteiger partial charge in [-0.1, -0.05) is 25.3 Å². The zero-order valence-electron chi connectivity index (χ0n) is 28.8. The van der Waals surface area contributed by atoms with Gasteiger partial charge in [-0.05, 0) is 24.6 Å². The van der Waals surface area contributed by atoms with Crippen molar-refractivity contribution in [3.05, 3.63) is 59.7 Å². The Morgan fingerprint density at radius 2 is 1.54 bits per heavy atom. The zero-order valence-corrected chi connectivity index (χ0v) is 33.7. The number of carboxylic acids is 2. The van der Waals surface area contributed by atoms with Crippen LogP contribution in [0.2, 0.25) is 0 Å². The number of carbonyl (C=O) groups is 5. The quantitative estimate of drug-likeness (QED) is 0.0262. The van der Waals surface area contributed by atoms with Crippen molar-refractivity contribution < 1.29 is 58.2 Å². The maximum atomic E-state index is 13.1. The second kappa shape index (κ2) is 23.8. The highest BCUT2D eigenvalue weighted by Crippen LogP contribution is 2.34. The third-order valence-electron chi connectivity index (χ3n) is 7.03. The Kier molecular flexibility index (Phi) is 20.3. The van der Waals surface area contributed by atoms with E-state index >= 15 is 0 Å². The van der Waals surface area contributed by atoms with Crippen LogP contribution in [-0.4, -0.2) is 127 Å². The third kappa shape index (κ3) is 17.5. The summed E-state index contributed by atoms with van der Waals surface area (Å²) >= 11 is 10.4. The first kappa shape index (κ1) is 44.5. The van der Waals surface area contributed by atoms with Gasteiger partial charge in [0.1, 0.15) is 25.9 Å². The predicted molar refractivity (Wildman–Crippen MR) is 212 cm³/mol. The Balaban J connectivity index is 1.54. The van der Waals surface area contributed by atoms with E-state index in [4.69, 9.17) is 34.2 Å². The molecule has 2 saturated heterocycles. The summed E-state index contributed by atoms with van der Waals surface area (Å²) in [6.45, 7) is 8.22. The molecule has 12 nitrogen and oxygen atoms in total. The van der Waals surface area contributed by atoms with Gasteiger partial charge in [0.15, 0.2) is 4.93 Å². The van der Waals surface area contributed by atoms with Crippen molar-refractivity contribution in [2.45, 2.75) is 47.9 Å². The van der Waals surface area contributed by atoms with Crippen molar-refractivity contribution >= 4 is 100 Å². The molecular formula is C34H44O12S6. The minimum absolute atomic E-state index is 0.0511. The average molecular weight is 837 g/mol. The van der Waals surface area contributed by atoms with Crippen LogP contribution in [0.25, 0.3) is 0 Å². The average Bonchev–Trinajstić information content (AvgIpc) is 3.12. The predicted octanol–water partition coefficient (Wildman–Crippen LogP) is 5.69. The van der Waals surface area contributed by atoms with Crippen molar-refractivity contribution in [1.82, 2.24) is 0 Å². The smallest absolute Gasteiger partial charge is 0.338 e.